The molecule has 1 aliphatic rings. The Morgan fingerprint density at radius 2 is 0.872 bits per heavy atom. The molecule has 0 heterocycles. The van der Waals surface area contributed by atoms with Crippen LogP contribution >= 0.6 is 0 Å². The fourth-order valence-corrected chi connectivity index (χ4v) is 7.21. The maximum Gasteiger partial charge on any atom is -0.00139 e. The van der Waals surface area contributed by atoms with Gasteiger partial charge < -0.3 is 0 Å². The molecule has 230 valence electrons. The maximum absolute atomic E-state index is 3.98. The molecule has 0 nitrogen and oxygen atoms in total. The van der Waals surface area contributed by atoms with Crippen LogP contribution < -0.4 is 0 Å². The van der Waals surface area contributed by atoms with Crippen molar-refractivity contribution >= 4 is 44.0 Å². The summed E-state index contributed by atoms with van der Waals surface area (Å²) in [6.07, 6.45) is 8.75. The molecule has 0 unspecified atom stereocenters. The van der Waals surface area contributed by atoms with Gasteiger partial charge in [-0.05, 0) is 128 Å². The summed E-state index contributed by atoms with van der Waals surface area (Å²) < 4.78 is 0. The Hall–Kier alpha value is -5.20. The standard InChI is InChI=1S/C45H36.C2H6/c1-5-31-12-20-35(21-13-31)43-27-42(34-18-10-30(4)11-19-34)38-23-22-36-40(32-14-6-28(2)7-15-32)26-41(33-16-8-29(3)9-17-33)37-24-25-39(43)45(38)44(36)37;1-2/h5-6,8-14,16-27H,1,7,15H2,2-4H3;1-2H3. The van der Waals surface area contributed by atoms with Gasteiger partial charge in [-0.15, -0.1) is 0 Å². The molecule has 0 aromatic heterocycles. The number of allylic oxidation sites excluding steroid dienone is 4. The summed E-state index contributed by atoms with van der Waals surface area (Å²) in [6.45, 7) is 14.5. The van der Waals surface area contributed by atoms with Crippen molar-refractivity contribution in [1.82, 2.24) is 0 Å². The van der Waals surface area contributed by atoms with Crippen molar-refractivity contribution in [2.75, 3.05) is 0 Å². The Morgan fingerprint density at radius 3 is 1.28 bits per heavy atom. The summed E-state index contributed by atoms with van der Waals surface area (Å²) in [6, 6.07) is 41.2. The highest BCUT2D eigenvalue weighted by Gasteiger charge is 2.21. The van der Waals surface area contributed by atoms with E-state index in [4.69, 9.17) is 0 Å². The van der Waals surface area contributed by atoms with Crippen LogP contribution in [0.3, 0.4) is 0 Å². The Bertz CT molecular complexity index is 2310. The largest absolute Gasteiger partial charge is 0.0985 e. The Morgan fingerprint density at radius 1 is 0.468 bits per heavy atom. The smallest absolute Gasteiger partial charge is 0.00139 e. The quantitative estimate of drug-likeness (QED) is 0.171. The molecule has 0 saturated carbocycles. The van der Waals surface area contributed by atoms with Crippen molar-refractivity contribution in [1.29, 1.82) is 0 Å². The molecule has 0 fully saturated rings. The van der Waals surface area contributed by atoms with Crippen molar-refractivity contribution in [3.8, 4) is 33.4 Å². The van der Waals surface area contributed by atoms with Crippen LogP contribution in [0.4, 0.5) is 0 Å². The fraction of sp³-hybridized carbons (Fsp3) is 0.149. The molecule has 0 N–H and O–H groups in total. The highest BCUT2D eigenvalue weighted by Crippen LogP contribution is 2.48. The molecule has 7 aromatic rings. The molecule has 0 amide bonds. The zero-order valence-corrected chi connectivity index (χ0v) is 28.2. The normalized spacial score (nSPS) is 13.0. The molecule has 0 radical (unpaired) electrons. The summed E-state index contributed by atoms with van der Waals surface area (Å²) in [4.78, 5) is 0. The first kappa shape index (κ1) is 30.5. The Balaban J connectivity index is 0.00000172. The highest BCUT2D eigenvalue weighted by atomic mass is 14.2. The van der Waals surface area contributed by atoms with Gasteiger partial charge in [0, 0.05) is 0 Å². The van der Waals surface area contributed by atoms with Gasteiger partial charge in [0.25, 0.3) is 0 Å². The third-order valence-electron chi connectivity index (χ3n) is 9.78. The zero-order valence-electron chi connectivity index (χ0n) is 28.2. The van der Waals surface area contributed by atoms with E-state index in [-0.39, 0.29) is 0 Å². The summed E-state index contributed by atoms with van der Waals surface area (Å²) in [5, 5.41) is 7.97. The monoisotopic (exact) mass is 606 g/mol. The average Bonchev–Trinajstić information content (AvgIpc) is 3.12. The van der Waals surface area contributed by atoms with Gasteiger partial charge in [-0.1, -0.05) is 152 Å². The van der Waals surface area contributed by atoms with Crippen molar-refractivity contribution < 1.29 is 0 Å². The minimum atomic E-state index is 1.06. The second-order valence-electron chi connectivity index (χ2n) is 12.8. The number of hydrogen-bond acceptors (Lipinski definition) is 0. The van der Waals surface area contributed by atoms with E-state index in [1.54, 1.807) is 0 Å². The molecule has 0 bridgehead atoms. The van der Waals surface area contributed by atoms with Gasteiger partial charge in [0.2, 0.25) is 0 Å². The minimum absolute atomic E-state index is 1.06. The number of benzene rings is 7. The van der Waals surface area contributed by atoms with Gasteiger partial charge in [-0.2, -0.15) is 0 Å². The first-order valence-corrected chi connectivity index (χ1v) is 17.0. The molecular formula is C47H42. The lowest BCUT2D eigenvalue weighted by Crippen LogP contribution is -1.97. The van der Waals surface area contributed by atoms with Crippen molar-refractivity contribution in [3.05, 3.63) is 156 Å². The predicted octanol–water partition coefficient (Wildman–Crippen LogP) is 14.0. The van der Waals surface area contributed by atoms with E-state index in [1.165, 1.54) is 93.5 Å². The SMILES string of the molecule is C=Cc1ccc(-c2cc(-c3ccc(C)cc3)c3ccc4c(C5=CC=C(C)CC5)cc(-c5ccc(C)cc5)c5ccc2c3c45)cc1.CC. The molecular weight excluding hydrogens is 565 g/mol. The first-order chi connectivity index (χ1) is 23.0. The Labute approximate surface area is 279 Å². The van der Waals surface area contributed by atoms with Crippen LogP contribution in [-0.4, -0.2) is 0 Å². The topological polar surface area (TPSA) is 0 Å². The Kier molecular flexibility index (Phi) is 8.12. The molecule has 0 heteroatoms. The fourth-order valence-electron chi connectivity index (χ4n) is 7.21. The van der Waals surface area contributed by atoms with Crippen molar-refractivity contribution in [3.63, 3.8) is 0 Å². The number of hydrogen-bond donors (Lipinski definition) is 0. The van der Waals surface area contributed by atoms with Crippen LogP contribution in [0.15, 0.2) is 133 Å². The predicted molar refractivity (Wildman–Crippen MR) is 208 cm³/mol. The molecule has 0 atom stereocenters. The van der Waals surface area contributed by atoms with Gasteiger partial charge in [0.1, 0.15) is 0 Å². The average molecular weight is 607 g/mol. The van der Waals surface area contributed by atoms with Crippen LogP contribution in [0.1, 0.15) is 55.9 Å². The van der Waals surface area contributed by atoms with E-state index in [0.29, 0.717) is 0 Å². The van der Waals surface area contributed by atoms with Crippen molar-refractivity contribution in [2.24, 2.45) is 0 Å². The van der Waals surface area contributed by atoms with E-state index in [0.717, 1.165) is 18.4 Å². The molecule has 7 aromatic carbocycles. The highest BCUT2D eigenvalue weighted by molar-refractivity contribution is 6.31. The number of rotatable bonds is 5. The summed E-state index contributed by atoms with van der Waals surface area (Å²) >= 11 is 0. The van der Waals surface area contributed by atoms with Crippen LogP contribution in [0.5, 0.6) is 0 Å². The van der Waals surface area contributed by atoms with Gasteiger partial charge in [-0.25, -0.2) is 0 Å². The van der Waals surface area contributed by atoms with E-state index >= 15 is 0 Å². The summed E-state index contributed by atoms with van der Waals surface area (Å²) in [5.41, 5.74) is 15.5. The second-order valence-corrected chi connectivity index (χ2v) is 12.8. The minimum Gasteiger partial charge on any atom is -0.0985 e. The molecule has 47 heavy (non-hydrogen) atoms. The third kappa shape index (κ3) is 5.38. The van der Waals surface area contributed by atoms with E-state index in [9.17, 15) is 0 Å². The zero-order chi connectivity index (χ0) is 32.7. The molecule has 1 aliphatic carbocycles. The van der Waals surface area contributed by atoms with Crippen LogP contribution in [0.2, 0.25) is 0 Å². The molecule has 0 spiro atoms. The van der Waals surface area contributed by atoms with E-state index < -0.39 is 0 Å². The summed E-state index contributed by atoms with van der Waals surface area (Å²) in [7, 11) is 0. The lowest BCUT2D eigenvalue weighted by Gasteiger charge is -2.23. The number of aryl methyl sites for hydroxylation is 2. The van der Waals surface area contributed by atoms with Gasteiger partial charge in [0.15, 0.2) is 0 Å². The van der Waals surface area contributed by atoms with Crippen molar-refractivity contribution in [2.45, 2.75) is 47.5 Å². The van der Waals surface area contributed by atoms with Crippen LogP contribution in [0.25, 0.3) is 77.3 Å². The second kappa shape index (κ2) is 12.5. The molecule has 8 rings (SSSR count). The lowest BCUT2D eigenvalue weighted by atomic mass is 9.81. The van der Waals surface area contributed by atoms with Gasteiger partial charge >= 0.3 is 0 Å². The third-order valence-corrected chi connectivity index (χ3v) is 9.78. The van der Waals surface area contributed by atoms with Crippen LogP contribution in [0, 0.1) is 13.8 Å². The molecule has 0 aliphatic heterocycles. The van der Waals surface area contributed by atoms with Gasteiger partial charge in [0.05, 0.1) is 0 Å². The van der Waals surface area contributed by atoms with E-state index in [2.05, 4.69) is 149 Å². The van der Waals surface area contributed by atoms with Gasteiger partial charge in [-0.3, -0.25) is 0 Å². The lowest BCUT2D eigenvalue weighted by molar-refractivity contribution is 0.978. The maximum atomic E-state index is 3.98. The first-order valence-electron chi connectivity index (χ1n) is 17.0. The molecule has 0 saturated heterocycles. The van der Waals surface area contributed by atoms with E-state index in [1.807, 2.05) is 19.9 Å². The van der Waals surface area contributed by atoms with Crippen LogP contribution in [-0.2, 0) is 0 Å². The summed E-state index contributed by atoms with van der Waals surface area (Å²) in [5.74, 6) is 0.